The van der Waals surface area contributed by atoms with Crippen molar-refractivity contribution >= 4 is 17.7 Å². The summed E-state index contributed by atoms with van der Waals surface area (Å²) >= 11 is 0. The van der Waals surface area contributed by atoms with Gasteiger partial charge in [0.25, 0.3) is 0 Å². The van der Waals surface area contributed by atoms with Crippen molar-refractivity contribution in [3.8, 4) is 6.07 Å². The van der Waals surface area contributed by atoms with Gasteiger partial charge in [-0.15, -0.1) is 0 Å². The first-order valence-electron chi connectivity index (χ1n) is 7.77. The number of nitriles is 1. The van der Waals surface area contributed by atoms with Crippen LogP contribution >= 0.6 is 0 Å². The number of carboxylic acid groups (broad SMARTS) is 1. The van der Waals surface area contributed by atoms with Crippen molar-refractivity contribution < 1.29 is 14.7 Å². The number of urea groups is 1. The predicted octanol–water partition coefficient (Wildman–Crippen LogP) is 2.59. The lowest BCUT2D eigenvalue weighted by Crippen LogP contribution is -2.38. The van der Waals surface area contributed by atoms with E-state index >= 15 is 0 Å². The summed E-state index contributed by atoms with van der Waals surface area (Å²) in [6.07, 6.45) is 2.41. The van der Waals surface area contributed by atoms with E-state index in [-0.39, 0.29) is 18.5 Å². The molecule has 0 aromatic heterocycles. The van der Waals surface area contributed by atoms with E-state index in [0.717, 1.165) is 18.4 Å². The number of likely N-dealkylation sites (tertiary alicyclic amines) is 1. The van der Waals surface area contributed by atoms with Crippen LogP contribution in [0.3, 0.4) is 0 Å². The molecule has 2 N–H and O–H groups in total. The second kappa shape index (κ2) is 5.58. The molecule has 1 saturated heterocycles. The Morgan fingerprint density at radius 3 is 2.91 bits per heavy atom. The topological polar surface area (TPSA) is 93.4 Å². The molecule has 1 aliphatic carbocycles. The first-order chi connectivity index (χ1) is 11.0. The molecular formula is C17H19N3O3. The number of anilines is 1. The van der Waals surface area contributed by atoms with Crippen molar-refractivity contribution in [3.63, 3.8) is 0 Å². The number of amides is 2. The Labute approximate surface area is 134 Å². The number of nitrogens with one attached hydrogen (secondary N) is 1. The van der Waals surface area contributed by atoms with Crippen LogP contribution in [-0.2, 0) is 4.79 Å². The molecule has 2 atom stereocenters. The molecule has 1 aromatic carbocycles. The molecule has 2 amide bonds. The van der Waals surface area contributed by atoms with E-state index in [1.54, 1.807) is 30.0 Å². The van der Waals surface area contributed by atoms with Crippen molar-refractivity contribution in [2.24, 2.45) is 11.3 Å². The average molecular weight is 313 g/mol. The Balaban J connectivity index is 1.76. The molecule has 6 heteroatoms. The van der Waals surface area contributed by atoms with E-state index in [9.17, 15) is 14.7 Å². The maximum Gasteiger partial charge on any atom is 0.321 e. The van der Waals surface area contributed by atoms with E-state index in [0.29, 0.717) is 24.2 Å². The van der Waals surface area contributed by atoms with Gasteiger partial charge in [-0.1, -0.05) is 12.5 Å². The van der Waals surface area contributed by atoms with Crippen molar-refractivity contribution in [2.75, 3.05) is 18.4 Å². The number of nitrogens with zero attached hydrogens (tertiary/aromatic N) is 2. The summed E-state index contributed by atoms with van der Waals surface area (Å²) in [4.78, 5) is 25.8. The molecule has 0 spiro atoms. The fourth-order valence-electron chi connectivity index (χ4n) is 3.88. The lowest BCUT2D eigenvalue weighted by molar-refractivity contribution is -0.149. The number of carbonyl (C=O) groups is 2. The summed E-state index contributed by atoms with van der Waals surface area (Å²) in [7, 11) is 0. The van der Waals surface area contributed by atoms with Crippen molar-refractivity contribution in [1.82, 2.24) is 4.90 Å². The third-order valence-corrected chi connectivity index (χ3v) is 5.28. The molecule has 1 aromatic rings. The molecule has 1 aliphatic heterocycles. The number of hydrogen-bond donors (Lipinski definition) is 2. The molecule has 2 fully saturated rings. The predicted molar refractivity (Wildman–Crippen MR) is 83.9 cm³/mol. The highest BCUT2D eigenvalue weighted by Gasteiger charge is 2.55. The molecule has 23 heavy (non-hydrogen) atoms. The van der Waals surface area contributed by atoms with Crippen molar-refractivity contribution in [3.05, 3.63) is 29.3 Å². The van der Waals surface area contributed by atoms with Crippen LogP contribution in [0.15, 0.2) is 18.2 Å². The summed E-state index contributed by atoms with van der Waals surface area (Å²) in [5.41, 5.74) is 1.05. The van der Waals surface area contributed by atoms with Crippen LogP contribution in [0.25, 0.3) is 0 Å². The number of fused-ring (bicyclic) bond motifs is 1. The van der Waals surface area contributed by atoms with Gasteiger partial charge in [-0.3, -0.25) is 4.79 Å². The lowest BCUT2D eigenvalue weighted by atomic mass is 9.81. The number of benzene rings is 1. The van der Waals surface area contributed by atoms with Gasteiger partial charge in [0.2, 0.25) is 0 Å². The van der Waals surface area contributed by atoms with Crippen LogP contribution in [0.1, 0.15) is 30.4 Å². The Morgan fingerprint density at radius 2 is 2.26 bits per heavy atom. The van der Waals surface area contributed by atoms with E-state index in [2.05, 4.69) is 11.4 Å². The summed E-state index contributed by atoms with van der Waals surface area (Å²) < 4.78 is 0. The van der Waals surface area contributed by atoms with Crippen LogP contribution in [0.4, 0.5) is 10.5 Å². The minimum atomic E-state index is -0.794. The Kier molecular flexibility index (Phi) is 3.72. The first-order valence-corrected chi connectivity index (χ1v) is 7.77. The molecule has 120 valence electrons. The molecule has 2 aliphatic rings. The van der Waals surface area contributed by atoms with Crippen LogP contribution < -0.4 is 5.32 Å². The lowest BCUT2D eigenvalue weighted by Gasteiger charge is -2.23. The van der Waals surface area contributed by atoms with Crippen LogP contribution in [0.5, 0.6) is 0 Å². The fraction of sp³-hybridized carbons (Fsp3) is 0.471. The van der Waals surface area contributed by atoms with Crippen molar-refractivity contribution in [1.29, 1.82) is 5.26 Å². The monoisotopic (exact) mass is 313 g/mol. The van der Waals surface area contributed by atoms with E-state index in [4.69, 9.17) is 5.26 Å². The van der Waals surface area contributed by atoms with Gasteiger partial charge in [0.05, 0.1) is 17.0 Å². The largest absolute Gasteiger partial charge is 0.481 e. The van der Waals surface area contributed by atoms with Crippen LogP contribution in [0, 0.1) is 29.6 Å². The normalized spacial score (nSPS) is 25.7. The zero-order valence-corrected chi connectivity index (χ0v) is 13.0. The van der Waals surface area contributed by atoms with Gasteiger partial charge in [0.1, 0.15) is 0 Å². The van der Waals surface area contributed by atoms with Gasteiger partial charge in [0.15, 0.2) is 0 Å². The summed E-state index contributed by atoms with van der Waals surface area (Å²) in [6, 6.07) is 6.96. The van der Waals surface area contributed by atoms with Gasteiger partial charge < -0.3 is 15.3 Å². The molecule has 0 radical (unpaired) electrons. The Morgan fingerprint density at radius 1 is 1.48 bits per heavy atom. The molecule has 1 saturated carbocycles. The van der Waals surface area contributed by atoms with Gasteiger partial charge in [0, 0.05) is 18.8 Å². The Hall–Kier alpha value is -2.55. The standard InChI is InChI=1S/C17H19N3O3/c1-11-12(8-18)4-2-6-14(11)19-16(23)20-9-13-5-3-7-17(13,10-20)15(21)22/h2,4,6,13H,3,5,7,9-10H2,1H3,(H,19,23)(H,21,22)/t13-,17+/m0/s1. The molecule has 0 unspecified atom stereocenters. The molecule has 0 bridgehead atoms. The summed E-state index contributed by atoms with van der Waals surface area (Å²) in [5.74, 6) is -0.754. The fourth-order valence-corrected chi connectivity index (χ4v) is 3.88. The zero-order valence-electron chi connectivity index (χ0n) is 13.0. The molecule has 1 heterocycles. The first kappa shape index (κ1) is 15.3. The van der Waals surface area contributed by atoms with Crippen LogP contribution in [0.2, 0.25) is 0 Å². The molecule has 6 nitrogen and oxygen atoms in total. The van der Waals surface area contributed by atoms with Gasteiger partial charge in [-0.2, -0.15) is 5.26 Å². The number of carbonyl (C=O) groups excluding carboxylic acids is 1. The van der Waals surface area contributed by atoms with Gasteiger partial charge in [-0.05, 0) is 43.4 Å². The number of carboxylic acids is 1. The maximum absolute atomic E-state index is 12.5. The quantitative estimate of drug-likeness (QED) is 0.877. The number of hydrogen-bond acceptors (Lipinski definition) is 3. The van der Waals surface area contributed by atoms with Gasteiger partial charge >= 0.3 is 12.0 Å². The molecule has 3 rings (SSSR count). The smallest absolute Gasteiger partial charge is 0.321 e. The minimum Gasteiger partial charge on any atom is -0.481 e. The third-order valence-electron chi connectivity index (χ3n) is 5.28. The van der Waals surface area contributed by atoms with Gasteiger partial charge in [-0.25, -0.2) is 4.79 Å². The van der Waals surface area contributed by atoms with Crippen molar-refractivity contribution in [2.45, 2.75) is 26.2 Å². The van der Waals surface area contributed by atoms with E-state index in [1.807, 2.05) is 0 Å². The zero-order chi connectivity index (χ0) is 16.6. The summed E-state index contributed by atoms with van der Waals surface area (Å²) in [5, 5.41) is 21.5. The number of rotatable bonds is 2. The second-order valence-corrected chi connectivity index (χ2v) is 6.45. The minimum absolute atomic E-state index is 0.0392. The van der Waals surface area contributed by atoms with Crippen LogP contribution in [-0.4, -0.2) is 35.1 Å². The molecular weight excluding hydrogens is 294 g/mol. The summed E-state index contributed by atoms with van der Waals surface area (Å²) in [6.45, 7) is 2.52. The number of aliphatic carboxylic acids is 1. The highest BCUT2D eigenvalue weighted by atomic mass is 16.4. The highest BCUT2D eigenvalue weighted by molar-refractivity contribution is 5.91. The SMILES string of the molecule is Cc1c(C#N)cccc1NC(=O)N1C[C@@H]2CCC[C@@]2(C(=O)O)C1. The highest BCUT2D eigenvalue weighted by Crippen LogP contribution is 2.48. The van der Waals surface area contributed by atoms with E-state index in [1.165, 1.54) is 0 Å². The second-order valence-electron chi connectivity index (χ2n) is 6.45. The third kappa shape index (κ3) is 2.42. The maximum atomic E-state index is 12.5. The van der Waals surface area contributed by atoms with E-state index < -0.39 is 11.4 Å². The average Bonchev–Trinajstić information content (AvgIpc) is 3.07. The Bertz CT molecular complexity index is 710.